The second-order valence-electron chi connectivity index (χ2n) is 8.99. The minimum atomic E-state index is -0.132. The van der Waals surface area contributed by atoms with Crippen molar-refractivity contribution < 1.29 is 4.79 Å². The van der Waals surface area contributed by atoms with Crippen LogP contribution >= 0.6 is 0 Å². The van der Waals surface area contributed by atoms with Crippen LogP contribution in [-0.2, 0) is 25.2 Å². The van der Waals surface area contributed by atoms with Crippen molar-refractivity contribution in [3.63, 3.8) is 0 Å². The van der Waals surface area contributed by atoms with E-state index in [0.29, 0.717) is 18.7 Å². The Bertz CT molecular complexity index is 1250. The smallest absolute Gasteiger partial charge is 0.254 e. The molecule has 7 nitrogen and oxygen atoms in total. The summed E-state index contributed by atoms with van der Waals surface area (Å²) in [6.45, 7) is 3.86. The summed E-state index contributed by atoms with van der Waals surface area (Å²) in [4.78, 5) is 12.5. The first kappa shape index (κ1) is 21.2. The Balaban J connectivity index is 1.14. The zero-order valence-electron chi connectivity index (χ0n) is 18.7. The van der Waals surface area contributed by atoms with E-state index < -0.39 is 0 Å². The third-order valence-electron chi connectivity index (χ3n) is 6.14. The zero-order chi connectivity index (χ0) is 22.8. The number of aromatic nitrogens is 4. The van der Waals surface area contributed by atoms with Crippen LogP contribution in [0.15, 0.2) is 73.3 Å². The van der Waals surface area contributed by atoms with Gasteiger partial charge in [0.05, 0.1) is 31.0 Å². The number of rotatable bonds is 8. The highest BCUT2D eigenvalue weighted by Crippen LogP contribution is 2.42. The largest absolute Gasteiger partial charge is 0.348 e. The van der Waals surface area contributed by atoms with Crippen molar-refractivity contribution in [1.82, 2.24) is 24.9 Å². The molecular formula is C26H28N6O. The number of nitrogens with zero attached hydrogens (tertiary/aromatic N) is 4. The summed E-state index contributed by atoms with van der Waals surface area (Å²) in [6, 6.07) is 16.6. The van der Waals surface area contributed by atoms with Gasteiger partial charge in [0.1, 0.15) is 0 Å². The van der Waals surface area contributed by atoms with E-state index in [9.17, 15) is 4.79 Å². The summed E-state index contributed by atoms with van der Waals surface area (Å²) < 4.78 is 3.71. The summed E-state index contributed by atoms with van der Waals surface area (Å²) in [5, 5.41) is 11.7. The molecule has 0 unspecified atom stereocenters. The fourth-order valence-electron chi connectivity index (χ4n) is 3.91. The van der Waals surface area contributed by atoms with Crippen LogP contribution in [0.1, 0.15) is 51.0 Å². The molecule has 2 aromatic carbocycles. The molecule has 5 rings (SSSR count). The molecule has 33 heavy (non-hydrogen) atoms. The van der Waals surface area contributed by atoms with Gasteiger partial charge >= 0.3 is 0 Å². The summed E-state index contributed by atoms with van der Waals surface area (Å²) in [5.74, 6) is -0.132. The van der Waals surface area contributed by atoms with Gasteiger partial charge in [-0.25, -0.2) is 0 Å². The molecule has 1 aliphatic carbocycles. The molecule has 2 aromatic heterocycles. The molecule has 1 amide bonds. The van der Waals surface area contributed by atoms with E-state index in [1.54, 1.807) is 17.1 Å². The molecule has 0 spiro atoms. The average molecular weight is 441 g/mol. The second-order valence-corrected chi connectivity index (χ2v) is 8.99. The molecule has 2 heterocycles. The normalized spacial score (nSPS) is 14.2. The lowest BCUT2D eigenvalue weighted by atomic mass is 10.0. The average Bonchev–Trinajstić information content (AvgIpc) is 3.19. The van der Waals surface area contributed by atoms with Crippen LogP contribution in [0.3, 0.4) is 0 Å². The lowest BCUT2D eigenvalue weighted by molar-refractivity contribution is 0.0951. The molecular weight excluding hydrogens is 412 g/mol. The second kappa shape index (κ2) is 8.67. The molecule has 1 fully saturated rings. The Kier molecular flexibility index (Phi) is 5.56. The van der Waals surface area contributed by atoms with E-state index in [-0.39, 0.29) is 11.4 Å². The standard InChI is InChI=1S/C26H28N6O/c1-19-12-29-31(15-19)16-21-2-4-22(5-3-21)17-32-18-23(14-30-32)25(33)28-13-20-6-8-24(9-7-20)26(27)10-11-26/h2-9,12,14-15,18H,10-11,13,16-17,27H2,1H3,(H,28,33). The van der Waals surface area contributed by atoms with Gasteiger partial charge < -0.3 is 11.1 Å². The predicted molar refractivity (Wildman–Crippen MR) is 127 cm³/mol. The number of carbonyl (C=O) groups excluding carboxylic acids is 1. The Hall–Kier alpha value is -3.71. The summed E-state index contributed by atoms with van der Waals surface area (Å²) in [5.41, 5.74) is 12.3. The van der Waals surface area contributed by atoms with Gasteiger partial charge in [-0.05, 0) is 47.6 Å². The van der Waals surface area contributed by atoms with Crippen LogP contribution in [-0.4, -0.2) is 25.5 Å². The summed E-state index contributed by atoms with van der Waals surface area (Å²) in [7, 11) is 0. The first-order valence-electron chi connectivity index (χ1n) is 11.2. The number of benzene rings is 2. The van der Waals surface area contributed by atoms with E-state index in [0.717, 1.165) is 36.1 Å². The maximum absolute atomic E-state index is 12.5. The van der Waals surface area contributed by atoms with Gasteiger partial charge in [-0.3, -0.25) is 14.2 Å². The summed E-state index contributed by atoms with van der Waals surface area (Å²) in [6.07, 6.45) is 9.37. The number of hydrogen-bond acceptors (Lipinski definition) is 4. The molecule has 0 bridgehead atoms. The van der Waals surface area contributed by atoms with Gasteiger partial charge in [0.25, 0.3) is 5.91 Å². The zero-order valence-corrected chi connectivity index (χ0v) is 18.7. The monoisotopic (exact) mass is 440 g/mol. The van der Waals surface area contributed by atoms with Crippen molar-refractivity contribution in [1.29, 1.82) is 0 Å². The molecule has 3 N–H and O–H groups in total. The van der Waals surface area contributed by atoms with E-state index in [2.05, 4.69) is 51.9 Å². The van der Waals surface area contributed by atoms with E-state index in [1.165, 1.54) is 11.1 Å². The number of hydrogen-bond donors (Lipinski definition) is 2. The maximum atomic E-state index is 12.5. The Morgan fingerprint density at radius 1 is 0.909 bits per heavy atom. The third kappa shape index (κ3) is 5.04. The van der Waals surface area contributed by atoms with Crippen LogP contribution in [0.25, 0.3) is 0 Å². The minimum absolute atomic E-state index is 0.129. The molecule has 0 saturated heterocycles. The minimum Gasteiger partial charge on any atom is -0.348 e. The van der Waals surface area contributed by atoms with Gasteiger partial charge in [0, 0.05) is 24.5 Å². The molecule has 1 saturated carbocycles. The molecule has 1 aliphatic rings. The van der Waals surface area contributed by atoms with Crippen LogP contribution in [0.4, 0.5) is 0 Å². The first-order valence-corrected chi connectivity index (χ1v) is 11.2. The molecule has 0 radical (unpaired) electrons. The highest BCUT2D eigenvalue weighted by molar-refractivity contribution is 5.93. The lowest BCUT2D eigenvalue weighted by Crippen LogP contribution is -2.22. The van der Waals surface area contributed by atoms with E-state index in [1.807, 2.05) is 36.1 Å². The van der Waals surface area contributed by atoms with Crippen molar-refractivity contribution >= 4 is 5.91 Å². The van der Waals surface area contributed by atoms with Gasteiger partial charge in [-0.1, -0.05) is 48.5 Å². The van der Waals surface area contributed by atoms with Gasteiger partial charge in [0.2, 0.25) is 0 Å². The SMILES string of the molecule is Cc1cnn(Cc2ccc(Cn3cc(C(=O)NCc4ccc(C5(N)CC5)cc4)cn3)cc2)c1. The molecule has 0 aliphatic heterocycles. The van der Waals surface area contributed by atoms with Gasteiger partial charge in [-0.2, -0.15) is 10.2 Å². The van der Waals surface area contributed by atoms with Gasteiger partial charge in [0.15, 0.2) is 0 Å². The highest BCUT2D eigenvalue weighted by Gasteiger charge is 2.39. The van der Waals surface area contributed by atoms with E-state index in [4.69, 9.17) is 5.73 Å². The van der Waals surface area contributed by atoms with Crippen LogP contribution in [0, 0.1) is 6.92 Å². The molecule has 0 atom stereocenters. The number of nitrogens with one attached hydrogen (secondary N) is 1. The molecule has 4 aromatic rings. The van der Waals surface area contributed by atoms with Crippen LogP contribution in [0.2, 0.25) is 0 Å². The lowest BCUT2D eigenvalue weighted by Gasteiger charge is -2.10. The first-order chi connectivity index (χ1) is 16.0. The third-order valence-corrected chi connectivity index (χ3v) is 6.14. The molecule has 168 valence electrons. The number of amides is 1. The Morgan fingerprint density at radius 3 is 2.06 bits per heavy atom. The quantitative estimate of drug-likeness (QED) is 0.440. The Labute approximate surface area is 193 Å². The van der Waals surface area contributed by atoms with Crippen molar-refractivity contribution in [2.45, 2.75) is 44.9 Å². The van der Waals surface area contributed by atoms with Crippen molar-refractivity contribution in [2.24, 2.45) is 5.73 Å². The summed E-state index contributed by atoms with van der Waals surface area (Å²) >= 11 is 0. The number of carbonyl (C=O) groups is 1. The number of nitrogens with two attached hydrogens (primary N) is 1. The topological polar surface area (TPSA) is 90.8 Å². The van der Waals surface area contributed by atoms with E-state index >= 15 is 0 Å². The number of aryl methyl sites for hydroxylation is 1. The fourth-order valence-corrected chi connectivity index (χ4v) is 3.91. The predicted octanol–water partition coefficient (Wildman–Crippen LogP) is 3.36. The van der Waals surface area contributed by atoms with Crippen LogP contribution in [0.5, 0.6) is 0 Å². The van der Waals surface area contributed by atoms with Gasteiger partial charge in [-0.15, -0.1) is 0 Å². The van der Waals surface area contributed by atoms with Crippen molar-refractivity contribution in [2.75, 3.05) is 0 Å². The highest BCUT2D eigenvalue weighted by atomic mass is 16.1. The Morgan fingerprint density at radius 2 is 1.48 bits per heavy atom. The maximum Gasteiger partial charge on any atom is 0.254 e. The molecule has 7 heteroatoms. The fraction of sp³-hybridized carbons (Fsp3) is 0.269. The van der Waals surface area contributed by atoms with Crippen molar-refractivity contribution in [3.8, 4) is 0 Å². The van der Waals surface area contributed by atoms with Crippen LogP contribution < -0.4 is 11.1 Å². The van der Waals surface area contributed by atoms with Crippen molar-refractivity contribution in [3.05, 3.63) is 107 Å².